The molecule has 4 nitrogen and oxygen atoms in total. The second-order valence-electron chi connectivity index (χ2n) is 6.97. The average molecular weight is 358 g/mol. The Morgan fingerprint density at radius 1 is 1.08 bits per heavy atom. The summed E-state index contributed by atoms with van der Waals surface area (Å²) in [5.74, 6) is 0.833. The highest BCUT2D eigenvalue weighted by Gasteiger charge is 2.22. The number of hydrogen-bond donors (Lipinski definition) is 0. The molecule has 1 rings (SSSR count). The van der Waals surface area contributed by atoms with Crippen molar-refractivity contribution in [2.75, 3.05) is 0 Å². The lowest BCUT2D eigenvalue weighted by Crippen LogP contribution is -2.14. The first-order chi connectivity index (χ1) is 12.3. The predicted octanol–water partition coefficient (Wildman–Crippen LogP) is 5.51. The molecule has 0 amide bonds. The van der Waals surface area contributed by atoms with E-state index in [1.54, 1.807) is 24.3 Å². The van der Waals surface area contributed by atoms with Crippen molar-refractivity contribution in [3.63, 3.8) is 0 Å². The second kappa shape index (κ2) is 10.6. The molecule has 1 aromatic rings. The Labute approximate surface area is 156 Å². The van der Waals surface area contributed by atoms with Crippen molar-refractivity contribution in [2.24, 2.45) is 17.8 Å². The molecule has 26 heavy (non-hydrogen) atoms. The molecule has 1 atom stereocenters. The Morgan fingerprint density at radius 2 is 1.69 bits per heavy atom. The summed E-state index contributed by atoms with van der Waals surface area (Å²) in [5, 5.41) is 0. The number of carbonyl (C=O) groups is 2. The Balaban J connectivity index is 3.39. The Kier molecular flexibility index (Phi) is 8.83. The van der Waals surface area contributed by atoms with Crippen LogP contribution in [0.3, 0.4) is 0 Å². The molecule has 142 valence electrons. The van der Waals surface area contributed by atoms with Crippen molar-refractivity contribution in [1.82, 2.24) is 0 Å². The number of ether oxygens (including phenoxy) is 2. The van der Waals surface area contributed by atoms with E-state index < -0.39 is 5.97 Å². The fourth-order valence-electron chi connectivity index (χ4n) is 2.48. The van der Waals surface area contributed by atoms with Crippen molar-refractivity contribution < 1.29 is 19.1 Å². The third kappa shape index (κ3) is 6.17. The van der Waals surface area contributed by atoms with Gasteiger partial charge in [-0.3, -0.25) is 4.79 Å². The summed E-state index contributed by atoms with van der Waals surface area (Å²) < 4.78 is 11.0. The molecule has 0 radical (unpaired) electrons. The fourth-order valence-corrected chi connectivity index (χ4v) is 2.48. The Bertz CT molecular complexity index is 654. The summed E-state index contributed by atoms with van der Waals surface area (Å²) in [4.78, 5) is 23.7. The van der Waals surface area contributed by atoms with Gasteiger partial charge in [0.1, 0.15) is 0 Å². The quantitative estimate of drug-likeness (QED) is 0.253. The highest BCUT2D eigenvalue weighted by Crippen LogP contribution is 2.28. The number of hydrogen-bond acceptors (Lipinski definition) is 4. The predicted molar refractivity (Wildman–Crippen MR) is 103 cm³/mol. The monoisotopic (exact) mass is 358 g/mol. The van der Waals surface area contributed by atoms with E-state index in [0.29, 0.717) is 35.9 Å². The summed E-state index contributed by atoms with van der Waals surface area (Å²) >= 11 is 0. The van der Waals surface area contributed by atoms with E-state index in [2.05, 4.69) is 13.8 Å². The van der Waals surface area contributed by atoms with Crippen LogP contribution in [0.15, 0.2) is 53.5 Å². The zero-order chi connectivity index (χ0) is 19.7. The smallest absolute Gasteiger partial charge is 0.343 e. The Hall–Kier alpha value is -2.36. The minimum absolute atomic E-state index is 0.145. The average Bonchev–Trinajstić information content (AvgIpc) is 2.61. The van der Waals surface area contributed by atoms with Crippen LogP contribution in [-0.4, -0.2) is 12.4 Å². The Morgan fingerprint density at radius 3 is 2.15 bits per heavy atom. The maximum atomic E-state index is 12.6. The van der Waals surface area contributed by atoms with Gasteiger partial charge in [-0.2, -0.15) is 0 Å². The number of carbonyl (C=O) groups excluding carboxylic acids is 2. The lowest BCUT2D eigenvalue weighted by molar-refractivity contribution is -0.125. The lowest BCUT2D eigenvalue weighted by Gasteiger charge is -2.20. The van der Waals surface area contributed by atoms with E-state index in [1.165, 1.54) is 0 Å². The first-order valence-corrected chi connectivity index (χ1v) is 9.14. The first kappa shape index (κ1) is 21.7. The normalized spacial score (nSPS) is 14.1. The molecule has 1 unspecified atom stereocenters. The largest absolute Gasteiger partial charge is 0.425 e. The van der Waals surface area contributed by atoms with Crippen LogP contribution in [0.25, 0.3) is 0 Å². The van der Waals surface area contributed by atoms with E-state index >= 15 is 0 Å². The van der Waals surface area contributed by atoms with Crippen LogP contribution in [0, 0.1) is 17.8 Å². The van der Waals surface area contributed by atoms with Crippen molar-refractivity contribution in [2.45, 2.75) is 48.0 Å². The van der Waals surface area contributed by atoms with Crippen LogP contribution in [0.2, 0.25) is 0 Å². The molecule has 0 saturated carbocycles. The van der Waals surface area contributed by atoms with Gasteiger partial charge in [-0.05, 0) is 48.0 Å². The highest BCUT2D eigenvalue weighted by atomic mass is 16.6. The summed E-state index contributed by atoms with van der Waals surface area (Å²) in [6.07, 6.45) is 2.54. The molecule has 0 aliphatic heterocycles. The molecular formula is C22H30O4. The molecule has 0 saturated heterocycles. The van der Waals surface area contributed by atoms with Gasteiger partial charge >= 0.3 is 5.97 Å². The zero-order valence-electron chi connectivity index (χ0n) is 16.6. The number of benzene rings is 1. The van der Waals surface area contributed by atoms with Gasteiger partial charge in [0, 0.05) is 0 Å². The molecule has 0 spiro atoms. The van der Waals surface area contributed by atoms with E-state index in [1.807, 2.05) is 39.8 Å². The van der Waals surface area contributed by atoms with E-state index in [-0.39, 0.29) is 11.8 Å². The maximum absolute atomic E-state index is 12.6. The first-order valence-electron chi connectivity index (χ1n) is 9.14. The standard InChI is InChI=1S/C22H30O4/c1-7-19(16(4)5)21(20(25-14-23)13-17(6)15(2)3)26-22(24)18-11-9-8-10-12-18/h8-17H,7H2,1-6H3/b20-13+,21-19-. The second-order valence-corrected chi connectivity index (χ2v) is 6.97. The molecule has 0 fully saturated rings. The van der Waals surface area contributed by atoms with E-state index in [9.17, 15) is 9.59 Å². The fraction of sp³-hybridized carbons (Fsp3) is 0.455. The van der Waals surface area contributed by atoms with Gasteiger partial charge in [0.25, 0.3) is 6.47 Å². The van der Waals surface area contributed by atoms with Crippen LogP contribution in [-0.2, 0) is 14.3 Å². The zero-order valence-corrected chi connectivity index (χ0v) is 16.6. The maximum Gasteiger partial charge on any atom is 0.343 e. The summed E-state index contributed by atoms with van der Waals surface area (Å²) in [5.41, 5.74) is 1.38. The van der Waals surface area contributed by atoms with Crippen LogP contribution in [0.4, 0.5) is 0 Å². The topological polar surface area (TPSA) is 52.6 Å². The number of esters is 1. The molecule has 0 N–H and O–H groups in total. The van der Waals surface area contributed by atoms with Crippen LogP contribution < -0.4 is 0 Å². The SMILES string of the molecule is CC/C(=C(OC(=O)c1ccccc1)\C(=C/C(C)C(C)C)OC=O)C(C)C. The van der Waals surface area contributed by atoms with Gasteiger partial charge in [-0.25, -0.2) is 4.79 Å². The van der Waals surface area contributed by atoms with Gasteiger partial charge in [0.05, 0.1) is 5.56 Å². The van der Waals surface area contributed by atoms with Gasteiger partial charge in [-0.15, -0.1) is 0 Å². The minimum atomic E-state index is -0.468. The van der Waals surface area contributed by atoms with Gasteiger partial charge < -0.3 is 9.47 Å². The summed E-state index contributed by atoms with van der Waals surface area (Å²) in [6.45, 7) is 12.6. The molecule has 1 aromatic carbocycles. The van der Waals surface area contributed by atoms with Crippen LogP contribution >= 0.6 is 0 Å². The summed E-state index contributed by atoms with van der Waals surface area (Å²) in [7, 11) is 0. The van der Waals surface area contributed by atoms with Crippen molar-refractivity contribution in [1.29, 1.82) is 0 Å². The van der Waals surface area contributed by atoms with E-state index in [0.717, 1.165) is 5.57 Å². The molecule has 0 aromatic heterocycles. The van der Waals surface area contributed by atoms with E-state index in [4.69, 9.17) is 9.47 Å². The summed E-state index contributed by atoms with van der Waals surface area (Å²) in [6, 6.07) is 8.79. The molecule has 0 heterocycles. The molecule has 0 bridgehead atoms. The molecule has 0 aliphatic carbocycles. The van der Waals surface area contributed by atoms with Gasteiger partial charge in [0.15, 0.2) is 11.5 Å². The molecular weight excluding hydrogens is 328 g/mol. The van der Waals surface area contributed by atoms with Gasteiger partial charge in [0.2, 0.25) is 0 Å². The molecule has 0 aliphatic rings. The number of allylic oxidation sites excluding steroid dienone is 2. The van der Waals surface area contributed by atoms with Crippen LogP contribution in [0.5, 0.6) is 0 Å². The van der Waals surface area contributed by atoms with Crippen molar-refractivity contribution in [3.8, 4) is 0 Å². The van der Waals surface area contributed by atoms with Crippen LogP contribution in [0.1, 0.15) is 58.3 Å². The molecule has 4 heteroatoms. The van der Waals surface area contributed by atoms with Gasteiger partial charge in [-0.1, -0.05) is 59.7 Å². The lowest BCUT2D eigenvalue weighted by atomic mass is 9.94. The van der Waals surface area contributed by atoms with Crippen molar-refractivity contribution >= 4 is 12.4 Å². The third-order valence-corrected chi connectivity index (χ3v) is 4.44. The highest BCUT2D eigenvalue weighted by molar-refractivity contribution is 5.90. The third-order valence-electron chi connectivity index (χ3n) is 4.44. The van der Waals surface area contributed by atoms with Crippen molar-refractivity contribution in [3.05, 3.63) is 59.1 Å². The minimum Gasteiger partial charge on any atom is -0.425 e. The number of rotatable bonds is 9.